The van der Waals surface area contributed by atoms with Crippen LogP contribution in [0.2, 0.25) is 0 Å². The summed E-state index contributed by atoms with van der Waals surface area (Å²) in [7, 11) is 0. The first-order valence-corrected chi connectivity index (χ1v) is 9.83. The standard InChI is InChI=1S/C19H25N3O4S/c1-4-5-6-7-26-14-8-12(2)15(13(3)9-14)11-20-22-19-21-18(25)16(27-19)10-17(23)24/h8-9,11,16H,4-7,10H2,1-3H3,(H,23,24)(H,21,22,25). The number of amides is 1. The van der Waals surface area contributed by atoms with Gasteiger partial charge in [-0.2, -0.15) is 5.10 Å². The molecule has 1 aliphatic rings. The maximum absolute atomic E-state index is 11.7. The molecule has 0 bridgehead atoms. The van der Waals surface area contributed by atoms with E-state index >= 15 is 0 Å². The molecule has 1 aromatic rings. The van der Waals surface area contributed by atoms with Gasteiger partial charge in [0, 0.05) is 5.56 Å². The van der Waals surface area contributed by atoms with E-state index in [0.29, 0.717) is 11.8 Å². The molecule has 1 fully saturated rings. The minimum Gasteiger partial charge on any atom is -0.494 e. The van der Waals surface area contributed by atoms with Gasteiger partial charge in [0.25, 0.3) is 0 Å². The number of amidine groups is 1. The number of benzene rings is 1. The van der Waals surface area contributed by atoms with Crippen molar-refractivity contribution >= 4 is 35.0 Å². The minimum absolute atomic E-state index is 0.239. The average Bonchev–Trinajstić information content (AvgIpc) is 2.93. The number of aliphatic carboxylic acids is 1. The van der Waals surface area contributed by atoms with Crippen LogP contribution in [-0.4, -0.2) is 40.2 Å². The molecule has 7 nitrogen and oxygen atoms in total. The highest BCUT2D eigenvalue weighted by Crippen LogP contribution is 2.23. The highest BCUT2D eigenvalue weighted by atomic mass is 32.2. The zero-order chi connectivity index (χ0) is 19.8. The number of carboxylic acid groups (broad SMARTS) is 1. The Morgan fingerprint density at radius 1 is 1.33 bits per heavy atom. The highest BCUT2D eigenvalue weighted by Gasteiger charge is 2.32. The first-order chi connectivity index (χ1) is 12.9. The van der Waals surface area contributed by atoms with Crippen LogP contribution < -0.4 is 10.1 Å². The molecule has 1 saturated heterocycles. The molecule has 2 rings (SSSR count). The fourth-order valence-electron chi connectivity index (χ4n) is 2.65. The number of aryl methyl sites for hydroxylation is 2. The van der Waals surface area contributed by atoms with Gasteiger partial charge in [0.15, 0.2) is 5.17 Å². The molecule has 0 aromatic heterocycles. The lowest BCUT2D eigenvalue weighted by molar-refractivity contribution is -0.138. The predicted molar refractivity (Wildman–Crippen MR) is 108 cm³/mol. The van der Waals surface area contributed by atoms with E-state index < -0.39 is 11.2 Å². The molecular weight excluding hydrogens is 366 g/mol. The van der Waals surface area contributed by atoms with Crippen molar-refractivity contribution in [3.63, 3.8) is 0 Å². The lowest BCUT2D eigenvalue weighted by Gasteiger charge is -2.10. The van der Waals surface area contributed by atoms with Crippen LogP contribution in [0.4, 0.5) is 0 Å². The Kier molecular flexibility index (Phi) is 7.84. The lowest BCUT2D eigenvalue weighted by Crippen LogP contribution is -2.26. The molecule has 1 amide bonds. The smallest absolute Gasteiger partial charge is 0.305 e. The van der Waals surface area contributed by atoms with E-state index in [0.717, 1.165) is 53.5 Å². The molecule has 1 aromatic carbocycles. The third-order valence-electron chi connectivity index (χ3n) is 4.06. The first kappa shape index (κ1) is 21.0. The Morgan fingerprint density at radius 2 is 2.04 bits per heavy atom. The van der Waals surface area contributed by atoms with E-state index in [1.807, 2.05) is 26.0 Å². The Balaban J connectivity index is 2.00. The zero-order valence-corrected chi connectivity index (χ0v) is 16.6. The Bertz CT molecular complexity index is 738. The highest BCUT2D eigenvalue weighted by molar-refractivity contribution is 8.15. The van der Waals surface area contributed by atoms with Crippen molar-refractivity contribution in [2.45, 2.75) is 51.7 Å². The van der Waals surface area contributed by atoms with Crippen LogP contribution >= 0.6 is 11.8 Å². The molecule has 27 heavy (non-hydrogen) atoms. The molecular formula is C19H25N3O4S. The van der Waals surface area contributed by atoms with Gasteiger partial charge in [0.2, 0.25) is 5.91 Å². The van der Waals surface area contributed by atoms with Gasteiger partial charge < -0.3 is 15.2 Å². The van der Waals surface area contributed by atoms with Crippen molar-refractivity contribution in [1.82, 2.24) is 5.32 Å². The average molecular weight is 391 g/mol. The molecule has 0 aliphatic carbocycles. The van der Waals surface area contributed by atoms with Gasteiger partial charge in [0.1, 0.15) is 11.0 Å². The van der Waals surface area contributed by atoms with Gasteiger partial charge in [-0.25, -0.2) is 0 Å². The third-order valence-corrected chi connectivity index (χ3v) is 5.13. The van der Waals surface area contributed by atoms with Gasteiger partial charge >= 0.3 is 5.97 Å². The Labute approximate surface area is 163 Å². The van der Waals surface area contributed by atoms with Gasteiger partial charge in [-0.15, -0.1) is 5.10 Å². The summed E-state index contributed by atoms with van der Waals surface area (Å²) in [5, 5.41) is 19.0. The summed E-state index contributed by atoms with van der Waals surface area (Å²) in [5.74, 6) is -0.524. The quantitative estimate of drug-likeness (QED) is 0.382. The predicted octanol–water partition coefficient (Wildman–Crippen LogP) is 3.27. The van der Waals surface area contributed by atoms with Crippen molar-refractivity contribution in [3.05, 3.63) is 28.8 Å². The SMILES string of the molecule is CCCCCOc1cc(C)c(C=NN=C2NC(=O)C(CC(=O)O)S2)c(C)c1. The summed E-state index contributed by atoms with van der Waals surface area (Å²) in [5.41, 5.74) is 2.99. The van der Waals surface area contributed by atoms with Crippen LogP contribution in [0.25, 0.3) is 0 Å². The van der Waals surface area contributed by atoms with Crippen molar-refractivity contribution in [1.29, 1.82) is 0 Å². The number of nitrogens with zero attached hydrogens (tertiary/aromatic N) is 2. The van der Waals surface area contributed by atoms with Gasteiger partial charge in [0.05, 0.1) is 19.2 Å². The number of carbonyl (C=O) groups excluding carboxylic acids is 1. The van der Waals surface area contributed by atoms with Crippen LogP contribution in [0.1, 0.15) is 49.3 Å². The molecule has 1 atom stereocenters. The maximum atomic E-state index is 11.7. The van der Waals surface area contributed by atoms with Crippen molar-refractivity contribution in [2.75, 3.05) is 6.61 Å². The molecule has 1 unspecified atom stereocenters. The number of ether oxygens (including phenoxy) is 1. The van der Waals surface area contributed by atoms with Crippen molar-refractivity contribution < 1.29 is 19.4 Å². The van der Waals surface area contributed by atoms with Crippen molar-refractivity contribution in [2.24, 2.45) is 10.2 Å². The number of hydrogen-bond acceptors (Lipinski definition) is 6. The van der Waals surface area contributed by atoms with Crippen LogP contribution in [0.15, 0.2) is 22.3 Å². The largest absolute Gasteiger partial charge is 0.494 e. The molecule has 0 spiro atoms. The normalized spacial score (nSPS) is 18.3. The van der Waals surface area contributed by atoms with Gasteiger partial charge in [-0.3, -0.25) is 9.59 Å². The second kappa shape index (κ2) is 10.1. The topological polar surface area (TPSA) is 100 Å². The van der Waals surface area contributed by atoms with Crippen LogP contribution in [0.5, 0.6) is 5.75 Å². The van der Waals surface area contributed by atoms with Crippen LogP contribution in [-0.2, 0) is 9.59 Å². The molecule has 0 radical (unpaired) electrons. The summed E-state index contributed by atoms with van der Waals surface area (Å²) in [6, 6.07) is 3.95. The third kappa shape index (κ3) is 6.39. The second-order valence-corrected chi connectivity index (χ2v) is 7.56. The number of nitrogens with one attached hydrogen (secondary N) is 1. The fourth-order valence-corrected chi connectivity index (χ4v) is 3.56. The van der Waals surface area contributed by atoms with Crippen LogP contribution in [0, 0.1) is 13.8 Å². The summed E-state index contributed by atoms with van der Waals surface area (Å²) >= 11 is 1.08. The van der Waals surface area contributed by atoms with Gasteiger partial charge in [-0.1, -0.05) is 31.5 Å². The van der Waals surface area contributed by atoms with E-state index in [4.69, 9.17) is 9.84 Å². The number of hydrogen-bond donors (Lipinski definition) is 2. The van der Waals surface area contributed by atoms with E-state index in [9.17, 15) is 9.59 Å². The molecule has 146 valence electrons. The second-order valence-electron chi connectivity index (χ2n) is 6.37. The number of carboxylic acids is 1. The number of unbranched alkanes of at least 4 members (excludes halogenated alkanes) is 2. The molecule has 1 heterocycles. The summed E-state index contributed by atoms with van der Waals surface area (Å²) in [4.78, 5) is 22.4. The van der Waals surface area contributed by atoms with Crippen LogP contribution in [0.3, 0.4) is 0 Å². The Hall–Kier alpha value is -2.35. The molecule has 2 N–H and O–H groups in total. The number of thioether (sulfide) groups is 1. The van der Waals surface area contributed by atoms with Gasteiger partial charge in [-0.05, 0) is 43.5 Å². The van der Waals surface area contributed by atoms with E-state index in [1.165, 1.54) is 0 Å². The van der Waals surface area contributed by atoms with Crippen molar-refractivity contribution in [3.8, 4) is 5.75 Å². The molecule has 8 heteroatoms. The lowest BCUT2D eigenvalue weighted by atomic mass is 10.0. The maximum Gasteiger partial charge on any atom is 0.305 e. The molecule has 1 aliphatic heterocycles. The fraction of sp³-hybridized carbons (Fsp3) is 0.474. The number of rotatable bonds is 9. The zero-order valence-electron chi connectivity index (χ0n) is 15.8. The first-order valence-electron chi connectivity index (χ1n) is 8.95. The number of carbonyl (C=O) groups is 2. The van der Waals surface area contributed by atoms with E-state index in [-0.39, 0.29) is 12.3 Å². The summed E-state index contributed by atoms with van der Waals surface area (Å²) < 4.78 is 5.79. The summed E-state index contributed by atoms with van der Waals surface area (Å²) in [6.07, 6.45) is 4.76. The minimum atomic E-state index is -1.02. The summed E-state index contributed by atoms with van der Waals surface area (Å²) in [6.45, 7) is 6.83. The molecule has 0 saturated carbocycles. The van der Waals surface area contributed by atoms with E-state index in [2.05, 4.69) is 22.4 Å². The van der Waals surface area contributed by atoms with E-state index in [1.54, 1.807) is 6.21 Å². The monoisotopic (exact) mass is 391 g/mol. The Morgan fingerprint density at radius 3 is 2.67 bits per heavy atom.